The molecule has 1 aromatic carbocycles. The summed E-state index contributed by atoms with van der Waals surface area (Å²) in [5, 5.41) is 2.98. The Labute approximate surface area is 137 Å². The van der Waals surface area contributed by atoms with Crippen LogP contribution in [0, 0.1) is 18.8 Å². The molecule has 1 atom stereocenters. The highest BCUT2D eigenvalue weighted by Crippen LogP contribution is 2.37. The molecule has 1 N–H and O–H groups in total. The highest BCUT2D eigenvalue weighted by molar-refractivity contribution is 5.76. The molecule has 0 saturated heterocycles. The zero-order valence-corrected chi connectivity index (χ0v) is 13.8. The van der Waals surface area contributed by atoms with Crippen molar-refractivity contribution >= 4 is 5.91 Å². The molecule has 0 aliphatic heterocycles. The lowest BCUT2D eigenvalue weighted by Gasteiger charge is -2.09. The van der Waals surface area contributed by atoms with Crippen molar-refractivity contribution in [2.45, 2.75) is 39.5 Å². The van der Waals surface area contributed by atoms with Crippen LogP contribution in [0.5, 0.6) is 0 Å². The number of carbonyl (C=O) groups excluding carboxylic acids is 1. The molecule has 23 heavy (non-hydrogen) atoms. The number of carbonyl (C=O) groups is 1. The number of aryl methyl sites for hydroxylation is 1. The Kier molecular flexibility index (Phi) is 4.79. The molecule has 1 aliphatic rings. The van der Waals surface area contributed by atoms with Gasteiger partial charge in [0.15, 0.2) is 0 Å². The lowest BCUT2D eigenvalue weighted by molar-refractivity contribution is -0.122. The fourth-order valence-electron chi connectivity index (χ4n) is 2.78. The maximum Gasteiger partial charge on any atom is 0.226 e. The van der Waals surface area contributed by atoms with Gasteiger partial charge in [-0.15, -0.1) is 0 Å². The van der Waals surface area contributed by atoms with Crippen LogP contribution in [0.25, 0.3) is 11.5 Å². The Hall–Kier alpha value is -2.10. The molecule has 0 spiro atoms. The van der Waals surface area contributed by atoms with Crippen molar-refractivity contribution in [3.63, 3.8) is 0 Å². The molecule has 1 fully saturated rings. The van der Waals surface area contributed by atoms with E-state index in [0.29, 0.717) is 31.2 Å². The van der Waals surface area contributed by atoms with Crippen LogP contribution in [0.3, 0.4) is 0 Å². The van der Waals surface area contributed by atoms with Gasteiger partial charge in [-0.05, 0) is 43.7 Å². The molecule has 0 bridgehead atoms. The van der Waals surface area contributed by atoms with Gasteiger partial charge in [0.2, 0.25) is 11.8 Å². The zero-order valence-electron chi connectivity index (χ0n) is 13.8. The SMILES string of the molecule is Cc1ccc(-c2nc(CCNC(=O)C[C@@H](C)C3CC3)co2)cc1. The van der Waals surface area contributed by atoms with Gasteiger partial charge in [0.05, 0.1) is 5.69 Å². The van der Waals surface area contributed by atoms with E-state index >= 15 is 0 Å². The van der Waals surface area contributed by atoms with Gasteiger partial charge in [0, 0.05) is 24.9 Å². The summed E-state index contributed by atoms with van der Waals surface area (Å²) in [4.78, 5) is 16.4. The topological polar surface area (TPSA) is 55.1 Å². The Morgan fingerprint density at radius 3 is 2.78 bits per heavy atom. The standard InChI is InChI=1S/C19H24N2O2/c1-13-3-5-16(6-4-13)19-21-17(12-23-19)9-10-20-18(22)11-14(2)15-7-8-15/h3-6,12,14-15H,7-11H2,1-2H3,(H,20,22)/t14-/m1/s1. The summed E-state index contributed by atoms with van der Waals surface area (Å²) in [6, 6.07) is 8.10. The van der Waals surface area contributed by atoms with E-state index in [4.69, 9.17) is 4.42 Å². The van der Waals surface area contributed by atoms with E-state index in [-0.39, 0.29) is 5.91 Å². The van der Waals surface area contributed by atoms with Gasteiger partial charge in [0.1, 0.15) is 6.26 Å². The number of hydrogen-bond acceptors (Lipinski definition) is 3. The van der Waals surface area contributed by atoms with E-state index < -0.39 is 0 Å². The van der Waals surface area contributed by atoms with Gasteiger partial charge in [-0.2, -0.15) is 0 Å². The molecule has 1 saturated carbocycles. The number of aromatic nitrogens is 1. The molecule has 1 aromatic heterocycles. The van der Waals surface area contributed by atoms with E-state index in [1.807, 2.05) is 24.3 Å². The van der Waals surface area contributed by atoms with Crippen molar-refractivity contribution in [2.75, 3.05) is 6.54 Å². The Morgan fingerprint density at radius 2 is 2.09 bits per heavy atom. The van der Waals surface area contributed by atoms with E-state index in [9.17, 15) is 4.79 Å². The second-order valence-electron chi connectivity index (χ2n) is 6.63. The summed E-state index contributed by atoms with van der Waals surface area (Å²) < 4.78 is 5.53. The van der Waals surface area contributed by atoms with Crippen LogP contribution in [-0.4, -0.2) is 17.4 Å². The fourth-order valence-corrected chi connectivity index (χ4v) is 2.78. The van der Waals surface area contributed by atoms with Gasteiger partial charge in [0.25, 0.3) is 0 Å². The van der Waals surface area contributed by atoms with Crippen molar-refractivity contribution in [2.24, 2.45) is 11.8 Å². The third-order valence-corrected chi connectivity index (χ3v) is 4.49. The third kappa shape index (κ3) is 4.44. The first kappa shape index (κ1) is 15.8. The molecule has 3 rings (SSSR count). The lowest BCUT2D eigenvalue weighted by atomic mass is 10.0. The lowest BCUT2D eigenvalue weighted by Crippen LogP contribution is -2.27. The summed E-state index contributed by atoms with van der Waals surface area (Å²) in [5.41, 5.74) is 3.06. The van der Waals surface area contributed by atoms with Gasteiger partial charge in [-0.3, -0.25) is 4.79 Å². The molecule has 122 valence electrons. The largest absolute Gasteiger partial charge is 0.444 e. The van der Waals surface area contributed by atoms with Crippen LogP contribution in [0.1, 0.15) is 37.4 Å². The average Bonchev–Trinajstić information content (AvgIpc) is 3.28. The first-order chi connectivity index (χ1) is 11.1. The van der Waals surface area contributed by atoms with Crippen molar-refractivity contribution in [1.82, 2.24) is 10.3 Å². The van der Waals surface area contributed by atoms with Gasteiger partial charge in [-0.25, -0.2) is 4.98 Å². The second-order valence-corrected chi connectivity index (χ2v) is 6.63. The normalized spacial score (nSPS) is 15.4. The van der Waals surface area contributed by atoms with Gasteiger partial charge in [-0.1, -0.05) is 24.6 Å². The van der Waals surface area contributed by atoms with Crippen molar-refractivity contribution in [3.8, 4) is 11.5 Å². The number of amides is 1. The highest BCUT2D eigenvalue weighted by Gasteiger charge is 2.29. The molecular weight excluding hydrogens is 288 g/mol. The van der Waals surface area contributed by atoms with Crippen LogP contribution in [0.4, 0.5) is 0 Å². The zero-order chi connectivity index (χ0) is 16.2. The minimum atomic E-state index is 0.145. The summed E-state index contributed by atoms with van der Waals surface area (Å²) >= 11 is 0. The first-order valence-electron chi connectivity index (χ1n) is 8.40. The van der Waals surface area contributed by atoms with Crippen LogP contribution >= 0.6 is 0 Å². The third-order valence-electron chi connectivity index (χ3n) is 4.49. The summed E-state index contributed by atoms with van der Waals surface area (Å²) in [7, 11) is 0. The van der Waals surface area contributed by atoms with Gasteiger partial charge >= 0.3 is 0 Å². The molecule has 0 radical (unpaired) electrons. The highest BCUT2D eigenvalue weighted by atomic mass is 16.3. The van der Waals surface area contributed by atoms with Crippen molar-refractivity contribution < 1.29 is 9.21 Å². The molecule has 1 heterocycles. The quantitative estimate of drug-likeness (QED) is 0.847. The second kappa shape index (κ2) is 6.99. The van der Waals surface area contributed by atoms with Crippen LogP contribution in [0.2, 0.25) is 0 Å². The minimum Gasteiger partial charge on any atom is -0.444 e. The number of rotatable bonds is 7. The average molecular weight is 312 g/mol. The molecule has 2 aromatic rings. The molecule has 0 unspecified atom stereocenters. The summed E-state index contributed by atoms with van der Waals surface area (Å²) in [6.07, 6.45) is 5.58. The van der Waals surface area contributed by atoms with Crippen molar-refractivity contribution in [1.29, 1.82) is 0 Å². The summed E-state index contributed by atoms with van der Waals surface area (Å²) in [6.45, 7) is 4.83. The molecular formula is C19H24N2O2. The van der Waals surface area contributed by atoms with E-state index in [1.54, 1.807) is 6.26 Å². The van der Waals surface area contributed by atoms with E-state index in [0.717, 1.165) is 17.2 Å². The Balaban J connectivity index is 1.45. The van der Waals surface area contributed by atoms with E-state index in [1.165, 1.54) is 18.4 Å². The number of hydrogen-bond donors (Lipinski definition) is 1. The maximum atomic E-state index is 11.9. The minimum absolute atomic E-state index is 0.145. The predicted molar refractivity (Wildman–Crippen MR) is 89.9 cm³/mol. The molecule has 4 heteroatoms. The number of benzene rings is 1. The Morgan fingerprint density at radius 1 is 1.35 bits per heavy atom. The smallest absolute Gasteiger partial charge is 0.226 e. The number of oxazole rings is 1. The number of nitrogens with zero attached hydrogens (tertiary/aromatic N) is 1. The summed E-state index contributed by atoms with van der Waals surface area (Å²) in [5.74, 6) is 2.06. The van der Waals surface area contributed by atoms with Crippen LogP contribution in [0.15, 0.2) is 34.9 Å². The van der Waals surface area contributed by atoms with E-state index in [2.05, 4.69) is 24.1 Å². The first-order valence-corrected chi connectivity index (χ1v) is 8.40. The fraction of sp³-hybridized carbons (Fsp3) is 0.474. The monoisotopic (exact) mass is 312 g/mol. The van der Waals surface area contributed by atoms with Crippen molar-refractivity contribution in [3.05, 3.63) is 41.8 Å². The predicted octanol–water partition coefficient (Wildman–Crippen LogP) is 3.74. The maximum absolute atomic E-state index is 11.9. The van der Waals surface area contributed by atoms with Gasteiger partial charge < -0.3 is 9.73 Å². The molecule has 1 aliphatic carbocycles. The van der Waals surface area contributed by atoms with Crippen LogP contribution < -0.4 is 5.32 Å². The van der Waals surface area contributed by atoms with Crippen LogP contribution in [-0.2, 0) is 11.2 Å². The Bertz CT molecular complexity index is 656. The molecule has 1 amide bonds. The number of nitrogens with one attached hydrogen (secondary N) is 1. The molecule has 4 nitrogen and oxygen atoms in total.